The van der Waals surface area contributed by atoms with Crippen LogP contribution in [0.3, 0.4) is 0 Å². The number of aliphatic hydroxyl groups is 1. The Balaban J connectivity index is 2.12. The highest BCUT2D eigenvalue weighted by molar-refractivity contribution is 5.74. The number of hydrogen-bond donors (Lipinski definition) is 3. The minimum atomic E-state index is -1.09. The van der Waals surface area contributed by atoms with Crippen LogP contribution >= 0.6 is 0 Å². The van der Waals surface area contributed by atoms with Crippen LogP contribution in [0.1, 0.15) is 17.9 Å². The molecule has 3 N–H and O–H groups in total. The van der Waals surface area contributed by atoms with Crippen molar-refractivity contribution in [1.29, 1.82) is 0 Å². The normalized spacial score (nSPS) is 21.4. The molecule has 1 aromatic carbocycles. The fourth-order valence-corrected chi connectivity index (χ4v) is 2.75. The van der Waals surface area contributed by atoms with E-state index in [9.17, 15) is 14.7 Å². The summed E-state index contributed by atoms with van der Waals surface area (Å²) in [6, 6.07) is 7.05. The number of aliphatic carboxylic acids is 1. The summed E-state index contributed by atoms with van der Waals surface area (Å²) in [5.74, 6) is -1.36. The van der Waals surface area contributed by atoms with E-state index in [2.05, 4.69) is 0 Å². The van der Waals surface area contributed by atoms with Crippen molar-refractivity contribution in [2.24, 2.45) is 5.92 Å². The van der Waals surface area contributed by atoms with Gasteiger partial charge in [0, 0.05) is 19.0 Å². The van der Waals surface area contributed by atoms with E-state index in [-0.39, 0.29) is 25.7 Å². The highest BCUT2D eigenvalue weighted by Gasteiger charge is 2.36. The number of carboxylic acids is 1. The molecule has 22 heavy (non-hydrogen) atoms. The summed E-state index contributed by atoms with van der Waals surface area (Å²) >= 11 is 0. The van der Waals surface area contributed by atoms with E-state index in [1.54, 1.807) is 24.3 Å². The minimum absolute atomic E-state index is 0.00189. The van der Waals surface area contributed by atoms with Gasteiger partial charge in [0.15, 0.2) is 0 Å². The van der Waals surface area contributed by atoms with Crippen molar-refractivity contribution in [1.82, 2.24) is 4.90 Å². The lowest BCUT2D eigenvalue weighted by molar-refractivity contribution is -0.144. The maximum atomic E-state index is 11.4. The monoisotopic (exact) mass is 309 g/mol. The number of amides is 1. The minimum Gasteiger partial charge on any atom is -0.491 e. The first-order chi connectivity index (χ1) is 10.5. The average molecular weight is 309 g/mol. The lowest BCUT2D eigenvalue weighted by atomic mass is 9.80. The summed E-state index contributed by atoms with van der Waals surface area (Å²) in [4.78, 5) is 23.6. The lowest BCUT2D eigenvalue weighted by Gasteiger charge is -2.35. The van der Waals surface area contributed by atoms with Crippen molar-refractivity contribution in [2.75, 3.05) is 26.3 Å². The molecule has 0 spiro atoms. The van der Waals surface area contributed by atoms with Crippen molar-refractivity contribution in [3.8, 4) is 5.75 Å². The average Bonchev–Trinajstić information content (AvgIpc) is 2.52. The predicted molar refractivity (Wildman–Crippen MR) is 77.1 cm³/mol. The largest absolute Gasteiger partial charge is 0.491 e. The van der Waals surface area contributed by atoms with Crippen LogP contribution in [-0.2, 0) is 4.79 Å². The van der Waals surface area contributed by atoms with Gasteiger partial charge >= 0.3 is 12.1 Å². The number of ether oxygens (including phenoxy) is 1. The predicted octanol–water partition coefficient (Wildman–Crippen LogP) is 1.23. The van der Waals surface area contributed by atoms with Crippen LogP contribution in [0.5, 0.6) is 5.75 Å². The number of hydrogen-bond acceptors (Lipinski definition) is 4. The van der Waals surface area contributed by atoms with E-state index >= 15 is 0 Å². The van der Waals surface area contributed by atoms with Crippen molar-refractivity contribution in [2.45, 2.75) is 12.3 Å². The van der Waals surface area contributed by atoms with Crippen LogP contribution in [0.4, 0.5) is 4.79 Å². The molecule has 1 aliphatic rings. The van der Waals surface area contributed by atoms with Gasteiger partial charge in [-0.15, -0.1) is 0 Å². The molecule has 120 valence electrons. The zero-order valence-corrected chi connectivity index (χ0v) is 12.0. The lowest BCUT2D eigenvalue weighted by Crippen LogP contribution is -2.45. The van der Waals surface area contributed by atoms with Crippen molar-refractivity contribution < 1.29 is 29.6 Å². The standard InChI is InChI=1S/C15H19NO6/c17-7-8-22-11-3-1-10(2-4-11)12-5-6-16(15(20)21)9-13(12)14(18)19/h1-4,12-13,17H,5-9H2,(H,18,19)(H,20,21). The molecule has 1 aromatic rings. The van der Waals surface area contributed by atoms with E-state index in [1.165, 1.54) is 0 Å². The maximum absolute atomic E-state index is 11.4. The fraction of sp³-hybridized carbons (Fsp3) is 0.467. The molecular formula is C15H19NO6. The van der Waals surface area contributed by atoms with Crippen LogP contribution in [0.2, 0.25) is 0 Å². The number of carboxylic acid groups (broad SMARTS) is 2. The molecule has 2 unspecified atom stereocenters. The number of rotatable bonds is 5. The van der Waals surface area contributed by atoms with Crippen LogP contribution in [-0.4, -0.2) is 58.6 Å². The molecule has 7 nitrogen and oxygen atoms in total. The molecule has 0 saturated carbocycles. The van der Waals surface area contributed by atoms with Crippen molar-refractivity contribution in [3.63, 3.8) is 0 Å². The Hall–Kier alpha value is -2.28. The molecule has 0 aliphatic carbocycles. The number of benzene rings is 1. The summed E-state index contributed by atoms with van der Waals surface area (Å²) in [5.41, 5.74) is 0.855. The van der Waals surface area contributed by atoms with Gasteiger partial charge < -0.3 is 25.0 Å². The number of nitrogens with zero attached hydrogens (tertiary/aromatic N) is 1. The summed E-state index contributed by atoms with van der Waals surface area (Å²) in [7, 11) is 0. The SMILES string of the molecule is O=C(O)C1CN(C(=O)O)CCC1c1ccc(OCCO)cc1. The quantitative estimate of drug-likeness (QED) is 0.755. The van der Waals surface area contributed by atoms with Crippen LogP contribution < -0.4 is 4.74 Å². The third kappa shape index (κ3) is 3.67. The second-order valence-electron chi connectivity index (χ2n) is 5.21. The Morgan fingerprint density at radius 1 is 1.23 bits per heavy atom. The van der Waals surface area contributed by atoms with E-state index in [4.69, 9.17) is 14.9 Å². The maximum Gasteiger partial charge on any atom is 0.407 e. The van der Waals surface area contributed by atoms with Gasteiger partial charge in [0.05, 0.1) is 12.5 Å². The van der Waals surface area contributed by atoms with Gasteiger partial charge in [0.1, 0.15) is 12.4 Å². The number of aliphatic hydroxyl groups excluding tert-OH is 1. The Morgan fingerprint density at radius 3 is 2.45 bits per heavy atom. The van der Waals surface area contributed by atoms with E-state index in [1.807, 2.05) is 0 Å². The molecule has 7 heteroatoms. The van der Waals surface area contributed by atoms with Gasteiger partial charge in [-0.2, -0.15) is 0 Å². The van der Waals surface area contributed by atoms with Gasteiger partial charge in [-0.1, -0.05) is 12.1 Å². The molecule has 2 atom stereocenters. The molecule has 0 aromatic heterocycles. The van der Waals surface area contributed by atoms with Crippen molar-refractivity contribution in [3.05, 3.63) is 29.8 Å². The van der Waals surface area contributed by atoms with Crippen LogP contribution in [0, 0.1) is 5.92 Å². The highest BCUT2D eigenvalue weighted by atomic mass is 16.5. The van der Waals surface area contributed by atoms with Crippen molar-refractivity contribution >= 4 is 12.1 Å². The second kappa shape index (κ2) is 7.13. The number of piperidine rings is 1. The third-order valence-corrected chi connectivity index (χ3v) is 3.87. The molecule has 0 bridgehead atoms. The van der Waals surface area contributed by atoms with Crippen LogP contribution in [0.15, 0.2) is 24.3 Å². The first-order valence-corrected chi connectivity index (χ1v) is 7.07. The number of likely N-dealkylation sites (tertiary alicyclic amines) is 1. The molecule has 1 aliphatic heterocycles. The summed E-state index contributed by atoms with van der Waals surface area (Å²) < 4.78 is 5.27. The van der Waals surface area contributed by atoms with Gasteiger partial charge in [-0.25, -0.2) is 4.79 Å². The molecular weight excluding hydrogens is 290 g/mol. The first-order valence-electron chi connectivity index (χ1n) is 7.07. The zero-order chi connectivity index (χ0) is 16.1. The molecule has 1 amide bonds. The summed E-state index contributed by atoms with van der Waals surface area (Å²) in [6.45, 7) is 0.454. The van der Waals surface area contributed by atoms with Crippen LogP contribution in [0.25, 0.3) is 0 Å². The Bertz CT molecular complexity index is 529. The summed E-state index contributed by atoms with van der Waals surface area (Å²) in [5, 5.41) is 27.1. The third-order valence-electron chi connectivity index (χ3n) is 3.87. The zero-order valence-electron chi connectivity index (χ0n) is 12.0. The Morgan fingerprint density at radius 2 is 1.91 bits per heavy atom. The van der Waals surface area contributed by atoms with E-state index < -0.39 is 18.0 Å². The summed E-state index contributed by atoms with van der Waals surface area (Å²) in [6.07, 6.45) is -0.613. The second-order valence-corrected chi connectivity index (χ2v) is 5.21. The molecule has 1 heterocycles. The number of carbonyl (C=O) groups is 2. The van der Waals surface area contributed by atoms with E-state index in [0.717, 1.165) is 10.5 Å². The molecule has 1 saturated heterocycles. The van der Waals surface area contributed by atoms with E-state index in [0.29, 0.717) is 18.7 Å². The molecule has 0 radical (unpaired) electrons. The smallest absolute Gasteiger partial charge is 0.407 e. The van der Waals surface area contributed by atoms with Gasteiger partial charge in [0.2, 0.25) is 0 Å². The topological polar surface area (TPSA) is 107 Å². The molecule has 2 rings (SSSR count). The van der Waals surface area contributed by atoms with Gasteiger partial charge in [0.25, 0.3) is 0 Å². The Kier molecular flexibility index (Phi) is 5.21. The fourth-order valence-electron chi connectivity index (χ4n) is 2.75. The Labute approximate surface area is 127 Å². The molecule has 1 fully saturated rings. The van der Waals surface area contributed by atoms with Gasteiger partial charge in [-0.05, 0) is 24.1 Å². The van der Waals surface area contributed by atoms with Gasteiger partial charge in [-0.3, -0.25) is 4.79 Å². The first kappa shape index (κ1) is 16.1. The highest BCUT2D eigenvalue weighted by Crippen LogP contribution is 2.34.